The number of benzene rings is 2. The van der Waals surface area contributed by atoms with Crippen LogP contribution in [0.5, 0.6) is 0 Å². The van der Waals surface area contributed by atoms with E-state index in [0.29, 0.717) is 23.0 Å². The van der Waals surface area contributed by atoms with Gasteiger partial charge in [0, 0.05) is 72.5 Å². The van der Waals surface area contributed by atoms with Gasteiger partial charge in [0.15, 0.2) is 9.84 Å². The van der Waals surface area contributed by atoms with Crippen LogP contribution in [0.4, 0.5) is 5.69 Å². The van der Waals surface area contributed by atoms with Gasteiger partial charge < -0.3 is 9.47 Å². The number of pyridine rings is 1. The Bertz CT molecular complexity index is 1590. The fourth-order valence-corrected chi connectivity index (χ4v) is 7.25. The molecule has 0 spiro atoms. The summed E-state index contributed by atoms with van der Waals surface area (Å²) in [6, 6.07) is 22.2. The number of sulfone groups is 1. The quantitative estimate of drug-likeness (QED) is 0.334. The van der Waals surface area contributed by atoms with Gasteiger partial charge in [0.1, 0.15) is 0 Å². The third-order valence-corrected chi connectivity index (χ3v) is 9.60. The highest BCUT2D eigenvalue weighted by Gasteiger charge is 2.40. The van der Waals surface area contributed by atoms with Gasteiger partial charge in [-0.15, -0.1) is 0 Å². The minimum absolute atomic E-state index is 0.332. The average Bonchev–Trinajstić information content (AvgIpc) is 3.37. The highest BCUT2D eigenvalue weighted by Crippen LogP contribution is 2.36. The van der Waals surface area contributed by atoms with Crippen LogP contribution in [0.1, 0.15) is 32.4 Å². The van der Waals surface area contributed by atoms with Gasteiger partial charge in [-0.25, -0.2) is 8.42 Å². The smallest absolute Gasteiger partial charge is 0.175 e. The van der Waals surface area contributed by atoms with Crippen molar-refractivity contribution in [2.75, 3.05) is 24.2 Å². The van der Waals surface area contributed by atoms with Gasteiger partial charge in [0.05, 0.1) is 16.1 Å². The molecule has 6 nitrogen and oxygen atoms in total. The minimum Gasteiger partial charge on any atom is -0.368 e. The lowest BCUT2D eigenvalue weighted by atomic mass is 10.1. The summed E-state index contributed by atoms with van der Waals surface area (Å²) >= 11 is 0. The maximum absolute atomic E-state index is 11.9. The van der Waals surface area contributed by atoms with Crippen molar-refractivity contribution in [2.45, 2.75) is 56.6 Å². The Morgan fingerprint density at radius 1 is 0.895 bits per heavy atom. The van der Waals surface area contributed by atoms with E-state index >= 15 is 0 Å². The van der Waals surface area contributed by atoms with Crippen molar-refractivity contribution in [2.24, 2.45) is 7.05 Å². The Balaban J connectivity index is 1.28. The van der Waals surface area contributed by atoms with E-state index in [1.54, 1.807) is 12.1 Å². The van der Waals surface area contributed by atoms with Gasteiger partial charge in [-0.05, 0) is 75.6 Å². The maximum Gasteiger partial charge on any atom is 0.175 e. The third-order valence-electron chi connectivity index (χ3n) is 8.47. The van der Waals surface area contributed by atoms with Gasteiger partial charge in [0.2, 0.25) is 0 Å². The lowest BCUT2D eigenvalue weighted by Crippen LogP contribution is -2.56. The Hall–Kier alpha value is -3.16. The summed E-state index contributed by atoms with van der Waals surface area (Å²) in [6.07, 6.45) is 3.85. The molecule has 2 saturated heterocycles. The van der Waals surface area contributed by atoms with Crippen molar-refractivity contribution in [3.05, 3.63) is 66.4 Å². The van der Waals surface area contributed by atoms with Crippen LogP contribution in [0, 0.1) is 6.92 Å². The first-order chi connectivity index (χ1) is 18.1. The second kappa shape index (κ2) is 9.24. The van der Waals surface area contributed by atoms with Gasteiger partial charge in [-0.3, -0.25) is 9.88 Å². The highest BCUT2D eigenvalue weighted by atomic mass is 32.2. The summed E-state index contributed by atoms with van der Waals surface area (Å²) in [5.74, 6) is 0. The molecule has 2 unspecified atom stereocenters. The fourth-order valence-electron chi connectivity index (χ4n) is 6.62. The number of rotatable bonds is 5. The molecule has 0 N–H and O–H groups in total. The highest BCUT2D eigenvalue weighted by molar-refractivity contribution is 7.90. The van der Waals surface area contributed by atoms with Gasteiger partial charge in [-0.1, -0.05) is 24.3 Å². The standard InChI is InChI=1S/C31H36N4O2S/c1-20(2)35-25-12-13-26(35)19-34(18-25)24-10-6-22(7-11-24)29-17-31-28(21(3)32-29)16-30(33(31)4)23-8-14-27(15-9-23)38(5,36)37/h6-11,14-17,20,25-26H,12-13,18-19H2,1-5H3. The molecule has 7 heteroatoms. The van der Waals surface area contributed by atoms with Crippen LogP contribution in [-0.4, -0.2) is 60.3 Å². The first-order valence-electron chi connectivity index (χ1n) is 13.5. The zero-order valence-corrected chi connectivity index (χ0v) is 23.7. The molecule has 198 valence electrons. The SMILES string of the molecule is Cc1nc(-c2ccc(N3CC4CCC(C3)N4C(C)C)cc2)cc2c1cc(-c1ccc(S(C)(=O)=O)cc1)n2C. The topological polar surface area (TPSA) is 58.4 Å². The molecule has 2 aliphatic heterocycles. The van der Waals surface area contributed by atoms with Gasteiger partial charge >= 0.3 is 0 Å². The van der Waals surface area contributed by atoms with Crippen molar-refractivity contribution in [1.82, 2.24) is 14.5 Å². The molecule has 2 aromatic heterocycles. The van der Waals surface area contributed by atoms with E-state index in [-0.39, 0.29) is 0 Å². The van der Waals surface area contributed by atoms with Crippen molar-refractivity contribution < 1.29 is 8.42 Å². The predicted molar refractivity (Wildman–Crippen MR) is 155 cm³/mol. The lowest BCUT2D eigenvalue weighted by Gasteiger charge is -2.44. The molecule has 2 bridgehead atoms. The molecule has 0 radical (unpaired) electrons. The number of hydrogen-bond donors (Lipinski definition) is 0. The van der Waals surface area contributed by atoms with Gasteiger partial charge in [0.25, 0.3) is 0 Å². The Morgan fingerprint density at radius 3 is 2.08 bits per heavy atom. The molecule has 4 aromatic rings. The second-order valence-corrected chi connectivity index (χ2v) is 13.3. The molecule has 4 heterocycles. The molecular weight excluding hydrogens is 492 g/mol. The van der Waals surface area contributed by atoms with Crippen LogP contribution >= 0.6 is 0 Å². The van der Waals surface area contributed by atoms with Crippen LogP contribution in [0.2, 0.25) is 0 Å². The second-order valence-electron chi connectivity index (χ2n) is 11.3. The Labute approximate surface area is 225 Å². The van der Waals surface area contributed by atoms with E-state index in [4.69, 9.17) is 4.98 Å². The molecule has 2 aromatic carbocycles. The zero-order chi connectivity index (χ0) is 26.8. The zero-order valence-electron chi connectivity index (χ0n) is 22.8. The summed E-state index contributed by atoms with van der Waals surface area (Å²) in [4.78, 5) is 10.6. The van der Waals surface area contributed by atoms with E-state index in [0.717, 1.165) is 52.2 Å². The summed E-state index contributed by atoms with van der Waals surface area (Å²) in [5.41, 5.74) is 7.48. The number of nitrogens with zero attached hydrogens (tertiary/aromatic N) is 4. The molecule has 0 amide bonds. The Morgan fingerprint density at radius 2 is 1.50 bits per heavy atom. The molecule has 0 aliphatic carbocycles. The number of piperazine rings is 1. The summed E-state index contributed by atoms with van der Waals surface area (Å²) in [6.45, 7) is 8.92. The van der Waals surface area contributed by atoms with Crippen LogP contribution in [-0.2, 0) is 16.9 Å². The monoisotopic (exact) mass is 528 g/mol. The molecular formula is C31H36N4O2S. The molecule has 6 rings (SSSR count). The predicted octanol–water partition coefficient (Wildman–Crippen LogP) is 5.68. The third kappa shape index (κ3) is 4.31. The minimum atomic E-state index is -3.22. The first kappa shape index (κ1) is 25.1. The molecule has 2 atom stereocenters. The summed E-state index contributed by atoms with van der Waals surface area (Å²) in [5, 5.41) is 1.11. The fraction of sp³-hybridized carbons (Fsp3) is 0.387. The normalized spacial score (nSPS) is 20.1. The van der Waals surface area contributed by atoms with E-state index < -0.39 is 9.84 Å². The lowest BCUT2D eigenvalue weighted by molar-refractivity contribution is 0.129. The van der Waals surface area contributed by atoms with Crippen LogP contribution in [0.3, 0.4) is 0 Å². The summed E-state index contributed by atoms with van der Waals surface area (Å²) < 4.78 is 25.9. The number of aryl methyl sites for hydroxylation is 2. The van der Waals surface area contributed by atoms with Crippen LogP contribution in [0.25, 0.3) is 33.4 Å². The molecule has 2 aliphatic rings. The van der Waals surface area contributed by atoms with Crippen LogP contribution in [0.15, 0.2) is 65.6 Å². The molecule has 0 saturated carbocycles. The molecule has 2 fully saturated rings. The van der Waals surface area contributed by atoms with Crippen LogP contribution < -0.4 is 4.90 Å². The largest absolute Gasteiger partial charge is 0.368 e. The Kier molecular flexibility index (Phi) is 6.11. The number of anilines is 1. The average molecular weight is 529 g/mol. The maximum atomic E-state index is 11.9. The molecule has 38 heavy (non-hydrogen) atoms. The van der Waals surface area contributed by atoms with E-state index in [1.807, 2.05) is 12.1 Å². The van der Waals surface area contributed by atoms with E-state index in [1.165, 1.54) is 24.8 Å². The number of fused-ring (bicyclic) bond motifs is 3. The number of hydrogen-bond acceptors (Lipinski definition) is 5. The first-order valence-corrected chi connectivity index (χ1v) is 15.4. The van der Waals surface area contributed by atoms with Crippen molar-refractivity contribution >= 4 is 26.4 Å². The van der Waals surface area contributed by atoms with E-state index in [2.05, 4.69) is 78.6 Å². The van der Waals surface area contributed by atoms with Crippen molar-refractivity contribution in [3.8, 4) is 22.5 Å². The van der Waals surface area contributed by atoms with Crippen molar-refractivity contribution in [3.63, 3.8) is 0 Å². The van der Waals surface area contributed by atoms with E-state index in [9.17, 15) is 8.42 Å². The van der Waals surface area contributed by atoms with Gasteiger partial charge in [-0.2, -0.15) is 0 Å². The number of aromatic nitrogens is 2. The summed E-state index contributed by atoms with van der Waals surface area (Å²) in [7, 11) is -1.17. The van der Waals surface area contributed by atoms with Crippen molar-refractivity contribution in [1.29, 1.82) is 0 Å².